The number of aromatic carboxylic acids is 1. The summed E-state index contributed by atoms with van der Waals surface area (Å²) in [6.07, 6.45) is 6.24. The Bertz CT molecular complexity index is 787. The Morgan fingerprint density at radius 3 is 2.50 bits per heavy atom. The van der Waals surface area contributed by atoms with E-state index in [1.807, 2.05) is 6.07 Å². The molecule has 1 aliphatic carbocycles. The minimum Gasteiger partial charge on any atom is -0.508 e. The zero-order valence-corrected chi connectivity index (χ0v) is 13.0. The summed E-state index contributed by atoms with van der Waals surface area (Å²) in [5.41, 5.74) is 2.86. The highest BCUT2D eigenvalue weighted by Crippen LogP contribution is 2.30. The van der Waals surface area contributed by atoms with Gasteiger partial charge >= 0.3 is 5.97 Å². The fourth-order valence-corrected chi connectivity index (χ4v) is 2.90. The average molecular weight is 327 g/mol. The number of aromatic hydroxyl groups is 1. The minimum absolute atomic E-state index is 0.0317. The maximum absolute atomic E-state index is 12.1. The molecule has 7 heteroatoms. The van der Waals surface area contributed by atoms with Crippen molar-refractivity contribution in [2.75, 3.05) is 0 Å². The number of nitrogens with zero attached hydrogens (tertiary/aromatic N) is 2. The normalized spacial score (nSPS) is 13.2. The van der Waals surface area contributed by atoms with E-state index in [1.54, 1.807) is 6.07 Å². The maximum Gasteiger partial charge on any atom is 0.356 e. The van der Waals surface area contributed by atoms with Crippen molar-refractivity contribution in [2.24, 2.45) is 0 Å². The van der Waals surface area contributed by atoms with Crippen molar-refractivity contribution in [2.45, 2.75) is 32.2 Å². The van der Waals surface area contributed by atoms with Crippen molar-refractivity contribution >= 4 is 11.9 Å². The van der Waals surface area contributed by atoms with E-state index in [0.29, 0.717) is 0 Å². The van der Waals surface area contributed by atoms with Gasteiger partial charge in [0, 0.05) is 12.1 Å². The van der Waals surface area contributed by atoms with Crippen LogP contribution in [0.25, 0.3) is 0 Å². The Kier molecular flexibility index (Phi) is 4.41. The van der Waals surface area contributed by atoms with Gasteiger partial charge in [0.1, 0.15) is 11.4 Å². The third-order valence-electron chi connectivity index (χ3n) is 4.16. The van der Waals surface area contributed by atoms with E-state index in [4.69, 9.17) is 5.11 Å². The number of fused-ring (bicyclic) bond motifs is 1. The van der Waals surface area contributed by atoms with Crippen LogP contribution in [0.2, 0.25) is 0 Å². The van der Waals surface area contributed by atoms with E-state index in [9.17, 15) is 14.7 Å². The van der Waals surface area contributed by atoms with Crippen molar-refractivity contribution < 1.29 is 19.8 Å². The maximum atomic E-state index is 12.1. The Morgan fingerprint density at radius 2 is 1.79 bits per heavy atom. The van der Waals surface area contributed by atoms with E-state index in [0.717, 1.165) is 49.2 Å². The predicted molar refractivity (Wildman–Crippen MR) is 84.9 cm³/mol. The molecule has 0 radical (unpaired) electrons. The molecule has 0 saturated carbocycles. The van der Waals surface area contributed by atoms with Crippen LogP contribution >= 0.6 is 0 Å². The second-order valence-electron chi connectivity index (χ2n) is 5.68. The molecule has 0 unspecified atom stereocenters. The van der Waals surface area contributed by atoms with E-state index < -0.39 is 11.9 Å². The first-order valence-electron chi connectivity index (χ1n) is 7.72. The molecule has 0 aliphatic heterocycles. The Labute approximate surface area is 138 Å². The molecule has 0 saturated heterocycles. The third-order valence-corrected chi connectivity index (χ3v) is 4.16. The fraction of sp³-hybridized carbons (Fsp3) is 0.294. The molecule has 7 nitrogen and oxygen atoms in total. The molecular weight excluding hydrogens is 310 g/mol. The molecule has 0 fully saturated rings. The van der Waals surface area contributed by atoms with Gasteiger partial charge in [-0.2, -0.15) is 0 Å². The fourth-order valence-electron chi connectivity index (χ4n) is 2.90. The van der Waals surface area contributed by atoms with Crippen LogP contribution in [0.5, 0.6) is 5.75 Å². The average Bonchev–Trinajstić information content (AvgIpc) is 2.60. The molecule has 2 aromatic rings. The lowest BCUT2D eigenvalue weighted by Crippen LogP contribution is -2.25. The summed E-state index contributed by atoms with van der Waals surface area (Å²) >= 11 is 0. The molecule has 1 aromatic heterocycles. The molecule has 124 valence electrons. The Hall–Kier alpha value is -2.96. The number of carboxylic acids is 1. The van der Waals surface area contributed by atoms with E-state index in [2.05, 4.69) is 15.3 Å². The van der Waals surface area contributed by atoms with Crippen molar-refractivity contribution in [3.8, 4) is 5.75 Å². The molecule has 1 amide bonds. The molecule has 0 spiro atoms. The van der Waals surface area contributed by atoms with Gasteiger partial charge in [0.2, 0.25) is 0 Å². The Balaban J connectivity index is 1.74. The SMILES string of the molecule is O=C(O)c1cnc(C(=O)NCc2c(O)ccc3c2CCCC3)cn1. The van der Waals surface area contributed by atoms with Gasteiger partial charge in [0.05, 0.1) is 12.4 Å². The first-order chi connectivity index (χ1) is 11.6. The van der Waals surface area contributed by atoms with Crippen LogP contribution in [0.1, 0.15) is 50.5 Å². The van der Waals surface area contributed by atoms with Gasteiger partial charge in [-0.3, -0.25) is 4.79 Å². The molecule has 1 aromatic carbocycles. The van der Waals surface area contributed by atoms with Crippen LogP contribution in [0.4, 0.5) is 0 Å². The van der Waals surface area contributed by atoms with E-state index >= 15 is 0 Å². The largest absolute Gasteiger partial charge is 0.508 e. The van der Waals surface area contributed by atoms with Gasteiger partial charge < -0.3 is 15.5 Å². The minimum atomic E-state index is -1.20. The Morgan fingerprint density at radius 1 is 1.08 bits per heavy atom. The highest BCUT2D eigenvalue weighted by molar-refractivity contribution is 5.92. The number of hydrogen-bond donors (Lipinski definition) is 3. The smallest absolute Gasteiger partial charge is 0.356 e. The number of carboxylic acid groups (broad SMARTS) is 1. The lowest BCUT2D eigenvalue weighted by molar-refractivity contribution is 0.0689. The second-order valence-corrected chi connectivity index (χ2v) is 5.68. The molecular formula is C17H17N3O4. The van der Waals surface area contributed by atoms with Crippen LogP contribution in [0, 0.1) is 0 Å². The summed E-state index contributed by atoms with van der Waals surface area (Å²) in [5, 5.41) is 21.6. The van der Waals surface area contributed by atoms with Crippen LogP contribution < -0.4 is 5.32 Å². The molecule has 24 heavy (non-hydrogen) atoms. The zero-order chi connectivity index (χ0) is 17.1. The molecule has 3 N–H and O–H groups in total. The lowest BCUT2D eigenvalue weighted by atomic mass is 9.87. The highest BCUT2D eigenvalue weighted by atomic mass is 16.4. The highest BCUT2D eigenvalue weighted by Gasteiger charge is 2.17. The number of amides is 1. The number of carbonyl (C=O) groups excluding carboxylic acids is 1. The van der Waals surface area contributed by atoms with Gasteiger partial charge in [-0.05, 0) is 42.9 Å². The summed E-state index contributed by atoms with van der Waals surface area (Å²) in [5.74, 6) is -1.49. The number of phenols is 1. The molecule has 1 heterocycles. The molecule has 1 aliphatic rings. The van der Waals surface area contributed by atoms with Gasteiger partial charge in [-0.1, -0.05) is 6.07 Å². The number of nitrogens with one attached hydrogen (secondary N) is 1. The standard InChI is InChI=1S/C17H17N3O4/c21-15-6-5-10-3-1-2-4-11(10)12(15)7-20-16(22)13-8-19-14(9-18-13)17(23)24/h5-6,8-9,21H,1-4,7H2,(H,20,22)(H,23,24). The number of rotatable bonds is 4. The van der Waals surface area contributed by atoms with E-state index in [1.165, 1.54) is 5.56 Å². The summed E-state index contributed by atoms with van der Waals surface area (Å²) in [6.45, 7) is 0.191. The first kappa shape index (κ1) is 15.9. The second kappa shape index (κ2) is 6.66. The lowest BCUT2D eigenvalue weighted by Gasteiger charge is -2.20. The van der Waals surface area contributed by atoms with E-state index in [-0.39, 0.29) is 23.7 Å². The molecule has 3 rings (SSSR count). The van der Waals surface area contributed by atoms with Crippen molar-refractivity contribution in [1.29, 1.82) is 0 Å². The van der Waals surface area contributed by atoms with Crippen LogP contribution in [-0.2, 0) is 19.4 Å². The summed E-state index contributed by atoms with van der Waals surface area (Å²) in [7, 11) is 0. The van der Waals surface area contributed by atoms with Gasteiger partial charge in [-0.25, -0.2) is 14.8 Å². The quantitative estimate of drug-likeness (QED) is 0.788. The summed E-state index contributed by atoms with van der Waals surface area (Å²) in [4.78, 5) is 30.3. The molecule has 0 bridgehead atoms. The summed E-state index contributed by atoms with van der Waals surface area (Å²) < 4.78 is 0. The van der Waals surface area contributed by atoms with Gasteiger partial charge in [-0.15, -0.1) is 0 Å². The number of benzene rings is 1. The molecule has 0 atom stereocenters. The zero-order valence-electron chi connectivity index (χ0n) is 13.0. The number of phenolic OH excluding ortho intramolecular Hbond substituents is 1. The van der Waals surface area contributed by atoms with Crippen molar-refractivity contribution in [3.63, 3.8) is 0 Å². The van der Waals surface area contributed by atoms with Crippen molar-refractivity contribution in [3.05, 3.63) is 52.6 Å². The van der Waals surface area contributed by atoms with Crippen molar-refractivity contribution in [1.82, 2.24) is 15.3 Å². The number of carbonyl (C=O) groups is 2. The predicted octanol–water partition coefficient (Wildman–Crippen LogP) is 1.69. The number of aryl methyl sites for hydroxylation is 1. The van der Waals surface area contributed by atoms with Gasteiger partial charge in [0.15, 0.2) is 5.69 Å². The number of aromatic nitrogens is 2. The topological polar surface area (TPSA) is 112 Å². The third kappa shape index (κ3) is 3.19. The first-order valence-corrected chi connectivity index (χ1v) is 7.72. The van der Waals surface area contributed by atoms with Crippen LogP contribution in [0.3, 0.4) is 0 Å². The summed E-state index contributed by atoms with van der Waals surface area (Å²) in [6, 6.07) is 3.60. The number of hydrogen-bond acceptors (Lipinski definition) is 5. The van der Waals surface area contributed by atoms with Gasteiger partial charge in [0.25, 0.3) is 5.91 Å². The van der Waals surface area contributed by atoms with Crippen LogP contribution in [-0.4, -0.2) is 32.1 Å². The van der Waals surface area contributed by atoms with Crippen LogP contribution in [0.15, 0.2) is 24.5 Å². The monoisotopic (exact) mass is 327 g/mol.